The van der Waals surface area contributed by atoms with Crippen LogP contribution >= 0.6 is 0 Å². The molecule has 3 fully saturated rings. The maximum absolute atomic E-state index is 12.6. The van der Waals surface area contributed by atoms with Crippen LogP contribution in [0.5, 0.6) is 0 Å². The number of nitrogens with zero attached hydrogens (tertiary/aromatic N) is 2. The molecule has 2 amide bonds. The Morgan fingerprint density at radius 2 is 1.95 bits per heavy atom. The van der Waals surface area contributed by atoms with Crippen molar-refractivity contribution in [2.75, 3.05) is 32.8 Å². The first-order valence-corrected chi connectivity index (χ1v) is 8.80. The first kappa shape index (κ1) is 15.8. The van der Waals surface area contributed by atoms with Gasteiger partial charge in [-0.1, -0.05) is 12.8 Å². The Morgan fingerprint density at radius 1 is 1.27 bits per heavy atom. The van der Waals surface area contributed by atoms with Crippen LogP contribution in [-0.4, -0.2) is 60.0 Å². The summed E-state index contributed by atoms with van der Waals surface area (Å²) in [7, 11) is 0. The summed E-state index contributed by atoms with van der Waals surface area (Å²) in [5.41, 5.74) is -0.187. The topological polar surface area (TPSA) is 49.9 Å². The molecule has 0 aromatic heterocycles. The number of carbonyl (C=O) groups is 2. The molecule has 2 aliphatic heterocycles. The highest BCUT2D eigenvalue weighted by molar-refractivity contribution is 5.87. The number of carbonyl (C=O) groups excluding carboxylic acids is 2. The van der Waals surface area contributed by atoms with Crippen molar-refractivity contribution in [3.05, 3.63) is 0 Å². The minimum absolute atomic E-state index is 0.107. The molecule has 5 nitrogen and oxygen atoms in total. The lowest BCUT2D eigenvalue weighted by molar-refractivity contribution is -0.160. The summed E-state index contributed by atoms with van der Waals surface area (Å²) in [5.74, 6) is 0.828. The molecule has 22 heavy (non-hydrogen) atoms. The predicted octanol–water partition coefficient (Wildman–Crippen LogP) is 1.81. The maximum Gasteiger partial charge on any atom is 0.242 e. The van der Waals surface area contributed by atoms with Crippen LogP contribution in [0.4, 0.5) is 0 Å². The summed E-state index contributed by atoms with van der Waals surface area (Å²) in [4.78, 5) is 29.0. The van der Waals surface area contributed by atoms with E-state index in [0.717, 1.165) is 19.4 Å². The minimum atomic E-state index is -0.187. The van der Waals surface area contributed by atoms with Crippen LogP contribution in [0.25, 0.3) is 0 Å². The average Bonchev–Trinajstić information content (AvgIpc) is 3.00. The third-order valence-electron chi connectivity index (χ3n) is 5.72. The van der Waals surface area contributed by atoms with E-state index in [1.807, 2.05) is 16.7 Å². The van der Waals surface area contributed by atoms with Crippen molar-refractivity contribution in [2.24, 2.45) is 5.92 Å². The quantitative estimate of drug-likeness (QED) is 0.799. The summed E-state index contributed by atoms with van der Waals surface area (Å²) in [6, 6.07) is 0. The van der Waals surface area contributed by atoms with Crippen LogP contribution in [0.2, 0.25) is 0 Å². The highest BCUT2D eigenvalue weighted by Crippen LogP contribution is 2.34. The van der Waals surface area contributed by atoms with Crippen molar-refractivity contribution in [1.29, 1.82) is 0 Å². The lowest BCUT2D eigenvalue weighted by Crippen LogP contribution is -2.67. The molecule has 3 rings (SSSR count). The Morgan fingerprint density at radius 3 is 2.59 bits per heavy atom. The van der Waals surface area contributed by atoms with Gasteiger partial charge in [0.25, 0.3) is 0 Å². The maximum atomic E-state index is 12.6. The van der Waals surface area contributed by atoms with E-state index in [4.69, 9.17) is 4.74 Å². The number of piperazine rings is 1. The van der Waals surface area contributed by atoms with E-state index in [0.29, 0.717) is 32.1 Å². The summed E-state index contributed by atoms with van der Waals surface area (Å²) < 4.78 is 5.49. The highest BCUT2D eigenvalue weighted by Gasteiger charge is 2.46. The van der Waals surface area contributed by atoms with Crippen molar-refractivity contribution >= 4 is 11.8 Å². The molecule has 2 saturated heterocycles. The van der Waals surface area contributed by atoms with Gasteiger partial charge >= 0.3 is 0 Å². The SMILES string of the molecule is CCN1C(=O)CN(C(=O)CC2CCCC2)CC12CCOCC2. The second-order valence-corrected chi connectivity index (χ2v) is 7.08. The first-order chi connectivity index (χ1) is 10.6. The van der Waals surface area contributed by atoms with Gasteiger partial charge in [0, 0.05) is 32.7 Å². The van der Waals surface area contributed by atoms with E-state index in [9.17, 15) is 9.59 Å². The number of ether oxygens (including phenoxy) is 1. The molecule has 1 spiro atoms. The van der Waals surface area contributed by atoms with Crippen LogP contribution in [0.1, 0.15) is 51.9 Å². The van der Waals surface area contributed by atoms with Crippen molar-refractivity contribution in [3.8, 4) is 0 Å². The van der Waals surface area contributed by atoms with Gasteiger partial charge in [0.2, 0.25) is 11.8 Å². The minimum Gasteiger partial charge on any atom is -0.381 e. The molecule has 1 saturated carbocycles. The summed E-state index contributed by atoms with van der Waals surface area (Å²) in [5, 5.41) is 0. The molecule has 124 valence electrons. The molecule has 0 atom stereocenters. The van der Waals surface area contributed by atoms with Crippen molar-refractivity contribution in [2.45, 2.75) is 57.4 Å². The highest BCUT2D eigenvalue weighted by atomic mass is 16.5. The summed E-state index contributed by atoms with van der Waals surface area (Å²) >= 11 is 0. The monoisotopic (exact) mass is 308 g/mol. The van der Waals surface area contributed by atoms with E-state index < -0.39 is 0 Å². The zero-order valence-corrected chi connectivity index (χ0v) is 13.7. The zero-order valence-electron chi connectivity index (χ0n) is 13.7. The van der Waals surface area contributed by atoms with Gasteiger partial charge in [-0.3, -0.25) is 9.59 Å². The molecule has 0 radical (unpaired) electrons. The van der Waals surface area contributed by atoms with E-state index in [1.54, 1.807) is 0 Å². The standard InChI is InChI=1S/C17H28N2O3/c1-2-19-16(21)12-18(13-17(19)7-9-22-10-8-17)15(20)11-14-5-3-4-6-14/h14H,2-13H2,1H3. The van der Waals surface area contributed by atoms with Crippen LogP contribution in [0.3, 0.4) is 0 Å². The second-order valence-electron chi connectivity index (χ2n) is 7.08. The van der Waals surface area contributed by atoms with Crippen LogP contribution in [0, 0.1) is 5.92 Å². The van der Waals surface area contributed by atoms with Gasteiger partial charge < -0.3 is 14.5 Å². The largest absolute Gasteiger partial charge is 0.381 e. The summed E-state index contributed by atoms with van der Waals surface area (Å²) in [6.45, 7) is 5.10. The van der Waals surface area contributed by atoms with Crippen LogP contribution in [-0.2, 0) is 14.3 Å². The molecule has 1 aliphatic carbocycles. The fraction of sp³-hybridized carbons (Fsp3) is 0.882. The smallest absolute Gasteiger partial charge is 0.242 e. The van der Waals surface area contributed by atoms with Gasteiger partial charge in [0.05, 0.1) is 12.1 Å². The number of amides is 2. The van der Waals surface area contributed by atoms with E-state index in [2.05, 4.69) is 0 Å². The lowest BCUT2D eigenvalue weighted by atomic mass is 9.85. The Labute approximate surface area is 133 Å². The van der Waals surface area contributed by atoms with Crippen LogP contribution < -0.4 is 0 Å². The summed E-state index contributed by atoms with van der Waals surface area (Å²) in [6.07, 6.45) is 7.18. The van der Waals surface area contributed by atoms with Crippen molar-refractivity contribution in [3.63, 3.8) is 0 Å². The average molecular weight is 308 g/mol. The first-order valence-electron chi connectivity index (χ1n) is 8.80. The van der Waals surface area contributed by atoms with Gasteiger partial charge in [-0.25, -0.2) is 0 Å². The van der Waals surface area contributed by atoms with Gasteiger partial charge in [-0.15, -0.1) is 0 Å². The Kier molecular flexibility index (Phi) is 4.71. The second kappa shape index (κ2) is 6.57. The lowest BCUT2D eigenvalue weighted by Gasteiger charge is -2.52. The van der Waals surface area contributed by atoms with E-state index >= 15 is 0 Å². The number of rotatable bonds is 3. The fourth-order valence-corrected chi connectivity index (χ4v) is 4.47. The van der Waals surface area contributed by atoms with Crippen molar-refractivity contribution < 1.29 is 14.3 Å². The van der Waals surface area contributed by atoms with Gasteiger partial charge in [-0.05, 0) is 38.5 Å². The Bertz CT molecular complexity index is 426. The van der Waals surface area contributed by atoms with Gasteiger partial charge in [0.1, 0.15) is 0 Å². The molecule has 0 N–H and O–H groups in total. The number of hydrogen-bond acceptors (Lipinski definition) is 3. The molecular formula is C17H28N2O3. The van der Waals surface area contributed by atoms with Gasteiger partial charge in [0.15, 0.2) is 0 Å². The number of hydrogen-bond donors (Lipinski definition) is 0. The Hall–Kier alpha value is -1.10. The van der Waals surface area contributed by atoms with E-state index in [1.165, 1.54) is 25.7 Å². The molecule has 0 aromatic rings. The predicted molar refractivity (Wildman–Crippen MR) is 83.3 cm³/mol. The third-order valence-corrected chi connectivity index (χ3v) is 5.72. The molecule has 0 bridgehead atoms. The molecule has 2 heterocycles. The van der Waals surface area contributed by atoms with E-state index in [-0.39, 0.29) is 23.9 Å². The molecule has 3 aliphatic rings. The molecular weight excluding hydrogens is 280 g/mol. The van der Waals surface area contributed by atoms with Crippen molar-refractivity contribution in [1.82, 2.24) is 9.80 Å². The van der Waals surface area contributed by atoms with Crippen LogP contribution in [0.15, 0.2) is 0 Å². The molecule has 5 heteroatoms. The fourth-order valence-electron chi connectivity index (χ4n) is 4.47. The zero-order chi connectivity index (χ0) is 15.6. The molecule has 0 unspecified atom stereocenters. The molecule has 0 aromatic carbocycles. The van der Waals surface area contributed by atoms with Gasteiger partial charge in [-0.2, -0.15) is 0 Å². The Balaban J connectivity index is 1.70. The normalized spacial score (nSPS) is 26.0. The number of likely N-dealkylation sites (N-methyl/N-ethyl adjacent to an activating group) is 1. The third kappa shape index (κ3) is 3.00.